The molecule has 0 radical (unpaired) electrons. The lowest BCUT2D eigenvalue weighted by atomic mass is 10.1. The standard InChI is InChI=1S/C21H32N4O6S2/c1-12(26)17(25-18(27)14(22)8-9-33-2)20(29)24-16(11-32)19(28)23-15(21(30)31)10-13-6-4-3-5-7-13/h3-7,12,14-17,26,32H,8-11,22H2,1-2H3,(H,23,28)(H,24,29)(H,25,27)(H,30,31). The van der Waals surface area contributed by atoms with E-state index >= 15 is 0 Å². The smallest absolute Gasteiger partial charge is 0.326 e. The third kappa shape index (κ3) is 10.0. The number of carbonyl (C=O) groups excluding carboxylic acids is 3. The zero-order chi connectivity index (χ0) is 25.0. The van der Waals surface area contributed by atoms with E-state index in [2.05, 4.69) is 28.6 Å². The summed E-state index contributed by atoms with van der Waals surface area (Å²) < 4.78 is 0. The third-order valence-corrected chi connectivity index (χ3v) is 5.75. The summed E-state index contributed by atoms with van der Waals surface area (Å²) in [7, 11) is 0. The van der Waals surface area contributed by atoms with E-state index in [1.54, 1.807) is 30.3 Å². The van der Waals surface area contributed by atoms with Crippen LogP contribution in [0.15, 0.2) is 30.3 Å². The number of hydrogen-bond acceptors (Lipinski definition) is 8. The summed E-state index contributed by atoms with van der Waals surface area (Å²) in [6.45, 7) is 1.31. The Bertz CT molecular complexity index is 796. The first-order valence-electron chi connectivity index (χ1n) is 10.3. The molecule has 0 fully saturated rings. The Morgan fingerprint density at radius 1 is 1.03 bits per heavy atom. The van der Waals surface area contributed by atoms with E-state index in [1.807, 2.05) is 6.26 Å². The molecule has 12 heteroatoms. The maximum Gasteiger partial charge on any atom is 0.326 e. The molecule has 1 aromatic carbocycles. The average Bonchev–Trinajstić information content (AvgIpc) is 2.78. The molecule has 0 aliphatic heterocycles. The van der Waals surface area contributed by atoms with Gasteiger partial charge in [-0.25, -0.2) is 4.79 Å². The molecule has 7 N–H and O–H groups in total. The number of nitrogens with two attached hydrogens (primary N) is 1. The molecule has 1 aromatic rings. The molecule has 0 aliphatic rings. The van der Waals surface area contributed by atoms with Crippen LogP contribution in [0.5, 0.6) is 0 Å². The number of rotatable bonds is 14. The minimum absolute atomic E-state index is 0.0510. The summed E-state index contributed by atoms with van der Waals surface area (Å²) in [6.07, 6.45) is 1.04. The fourth-order valence-electron chi connectivity index (χ4n) is 2.82. The molecule has 5 atom stereocenters. The lowest BCUT2D eigenvalue weighted by Crippen LogP contribution is -2.60. The van der Waals surface area contributed by atoms with Gasteiger partial charge in [0.05, 0.1) is 12.1 Å². The lowest BCUT2D eigenvalue weighted by Gasteiger charge is -2.26. The molecule has 10 nitrogen and oxygen atoms in total. The highest BCUT2D eigenvalue weighted by Crippen LogP contribution is 2.05. The Labute approximate surface area is 202 Å². The molecule has 0 spiro atoms. The van der Waals surface area contributed by atoms with E-state index in [4.69, 9.17) is 5.73 Å². The van der Waals surface area contributed by atoms with Crippen molar-refractivity contribution < 1.29 is 29.4 Å². The number of thiol groups is 1. The zero-order valence-electron chi connectivity index (χ0n) is 18.6. The van der Waals surface area contributed by atoms with Gasteiger partial charge in [0.25, 0.3) is 0 Å². The van der Waals surface area contributed by atoms with Gasteiger partial charge in [0.15, 0.2) is 0 Å². The van der Waals surface area contributed by atoms with Gasteiger partial charge in [0, 0.05) is 12.2 Å². The summed E-state index contributed by atoms with van der Waals surface area (Å²) in [5, 5.41) is 26.7. The van der Waals surface area contributed by atoms with Crippen molar-refractivity contribution in [1.82, 2.24) is 16.0 Å². The van der Waals surface area contributed by atoms with Crippen LogP contribution in [0.4, 0.5) is 0 Å². The second-order valence-electron chi connectivity index (χ2n) is 7.45. The summed E-state index contributed by atoms with van der Waals surface area (Å²) in [6, 6.07) is 4.14. The molecular formula is C21H32N4O6S2. The van der Waals surface area contributed by atoms with E-state index in [0.29, 0.717) is 17.7 Å². The second-order valence-corrected chi connectivity index (χ2v) is 8.80. The highest BCUT2D eigenvalue weighted by molar-refractivity contribution is 7.98. The number of aliphatic hydroxyl groups excluding tert-OH is 1. The molecular weight excluding hydrogens is 468 g/mol. The van der Waals surface area contributed by atoms with Crippen molar-refractivity contribution in [3.05, 3.63) is 35.9 Å². The Balaban J connectivity index is 2.81. The molecule has 0 aliphatic carbocycles. The minimum Gasteiger partial charge on any atom is -0.480 e. The molecule has 33 heavy (non-hydrogen) atoms. The number of nitrogens with one attached hydrogen (secondary N) is 3. The van der Waals surface area contributed by atoms with Crippen molar-refractivity contribution in [2.24, 2.45) is 5.73 Å². The van der Waals surface area contributed by atoms with E-state index in [-0.39, 0.29) is 12.2 Å². The van der Waals surface area contributed by atoms with E-state index in [0.717, 1.165) is 0 Å². The van der Waals surface area contributed by atoms with Crippen LogP contribution in [-0.4, -0.2) is 81.9 Å². The topological polar surface area (TPSA) is 171 Å². The van der Waals surface area contributed by atoms with Crippen LogP contribution in [0.25, 0.3) is 0 Å². The molecule has 184 valence electrons. The average molecular weight is 501 g/mol. The van der Waals surface area contributed by atoms with Gasteiger partial charge in [-0.15, -0.1) is 0 Å². The number of benzene rings is 1. The molecule has 0 saturated heterocycles. The van der Waals surface area contributed by atoms with Gasteiger partial charge in [0.2, 0.25) is 17.7 Å². The fourth-order valence-corrected chi connectivity index (χ4v) is 3.57. The van der Waals surface area contributed by atoms with Crippen LogP contribution >= 0.6 is 24.4 Å². The number of thioether (sulfide) groups is 1. The molecule has 5 unspecified atom stereocenters. The van der Waals surface area contributed by atoms with Gasteiger partial charge in [-0.1, -0.05) is 30.3 Å². The number of amides is 3. The zero-order valence-corrected chi connectivity index (χ0v) is 20.3. The summed E-state index contributed by atoms with van der Waals surface area (Å²) >= 11 is 5.59. The van der Waals surface area contributed by atoms with Gasteiger partial charge in [0.1, 0.15) is 18.1 Å². The SMILES string of the molecule is CSCCC(N)C(=O)NC(C(=O)NC(CS)C(=O)NC(Cc1ccccc1)C(=O)O)C(C)O. The molecule has 3 amide bonds. The van der Waals surface area contributed by atoms with E-state index in [9.17, 15) is 29.4 Å². The van der Waals surface area contributed by atoms with Crippen molar-refractivity contribution >= 4 is 48.1 Å². The van der Waals surface area contributed by atoms with E-state index < -0.39 is 54.0 Å². The van der Waals surface area contributed by atoms with Crippen LogP contribution < -0.4 is 21.7 Å². The largest absolute Gasteiger partial charge is 0.480 e. The molecule has 0 saturated carbocycles. The predicted molar refractivity (Wildman–Crippen MR) is 130 cm³/mol. The second kappa shape index (κ2) is 14.8. The lowest BCUT2D eigenvalue weighted by molar-refractivity contribution is -0.142. The highest BCUT2D eigenvalue weighted by atomic mass is 32.2. The molecule has 1 rings (SSSR count). The summed E-state index contributed by atoms with van der Waals surface area (Å²) in [4.78, 5) is 49.2. The van der Waals surface area contributed by atoms with Crippen LogP contribution in [0.3, 0.4) is 0 Å². The third-order valence-electron chi connectivity index (χ3n) is 4.75. The maximum atomic E-state index is 12.7. The number of aliphatic hydroxyl groups is 1. The first kappa shape index (κ1) is 28.8. The summed E-state index contributed by atoms with van der Waals surface area (Å²) in [5.41, 5.74) is 6.52. The minimum atomic E-state index is -1.35. The Kier molecular flexibility index (Phi) is 12.9. The van der Waals surface area contributed by atoms with E-state index in [1.165, 1.54) is 18.7 Å². The van der Waals surface area contributed by atoms with Crippen molar-refractivity contribution in [1.29, 1.82) is 0 Å². The number of hydrogen-bond donors (Lipinski definition) is 7. The number of carboxylic acids is 1. The predicted octanol–water partition coefficient (Wildman–Crippen LogP) is -0.841. The fraction of sp³-hybridized carbons (Fsp3) is 0.524. The van der Waals surface area contributed by atoms with Crippen molar-refractivity contribution in [2.75, 3.05) is 17.8 Å². The number of carboxylic acid groups (broad SMARTS) is 1. The highest BCUT2D eigenvalue weighted by Gasteiger charge is 2.32. The Hall–Kier alpha value is -2.28. The van der Waals surface area contributed by atoms with Crippen molar-refractivity contribution in [3.63, 3.8) is 0 Å². The van der Waals surface area contributed by atoms with Crippen LogP contribution in [0.2, 0.25) is 0 Å². The van der Waals surface area contributed by atoms with Gasteiger partial charge in [-0.05, 0) is 30.9 Å². The van der Waals surface area contributed by atoms with Gasteiger partial charge in [-0.2, -0.15) is 24.4 Å². The van der Waals surface area contributed by atoms with Crippen molar-refractivity contribution in [3.8, 4) is 0 Å². The maximum absolute atomic E-state index is 12.7. The number of carbonyl (C=O) groups is 4. The normalized spacial score (nSPS) is 15.4. The molecule has 0 heterocycles. The van der Waals surface area contributed by atoms with Crippen LogP contribution in [0.1, 0.15) is 18.9 Å². The number of aliphatic carboxylic acids is 1. The van der Waals surface area contributed by atoms with Gasteiger partial charge < -0.3 is 31.9 Å². The Morgan fingerprint density at radius 2 is 1.64 bits per heavy atom. The first-order valence-corrected chi connectivity index (χ1v) is 12.3. The Morgan fingerprint density at radius 3 is 2.15 bits per heavy atom. The van der Waals surface area contributed by atoms with Gasteiger partial charge in [-0.3, -0.25) is 14.4 Å². The quantitative estimate of drug-likeness (QED) is 0.162. The van der Waals surface area contributed by atoms with Crippen molar-refractivity contribution in [2.45, 2.75) is 50.0 Å². The van der Waals surface area contributed by atoms with Crippen LogP contribution in [0, 0.1) is 0 Å². The van der Waals surface area contributed by atoms with Gasteiger partial charge >= 0.3 is 5.97 Å². The molecule has 0 bridgehead atoms. The monoisotopic (exact) mass is 500 g/mol. The molecule has 0 aromatic heterocycles. The summed E-state index contributed by atoms with van der Waals surface area (Å²) in [5.74, 6) is -2.90. The van der Waals surface area contributed by atoms with Crippen LogP contribution in [-0.2, 0) is 25.6 Å². The first-order chi connectivity index (χ1) is 15.6.